The number of nitrogens with zero attached hydrogens (tertiary/aromatic N) is 2. The molecule has 0 saturated carbocycles. The molecule has 4 nitrogen and oxygen atoms in total. The third-order valence-electron chi connectivity index (χ3n) is 3.29. The van der Waals surface area contributed by atoms with Crippen LogP contribution in [-0.2, 0) is 9.84 Å². The highest BCUT2D eigenvalue weighted by Crippen LogP contribution is 2.22. The van der Waals surface area contributed by atoms with Gasteiger partial charge in [-0.15, -0.1) is 0 Å². The summed E-state index contributed by atoms with van der Waals surface area (Å²) < 4.78 is 24.6. The first-order valence-corrected chi connectivity index (χ1v) is 8.81. The first-order valence-electron chi connectivity index (χ1n) is 6.54. The van der Waals surface area contributed by atoms with Crippen molar-refractivity contribution in [1.29, 1.82) is 0 Å². The fourth-order valence-corrected chi connectivity index (χ4v) is 2.86. The van der Waals surface area contributed by atoms with Crippen molar-refractivity contribution in [1.82, 2.24) is 9.78 Å². The van der Waals surface area contributed by atoms with Crippen molar-refractivity contribution < 1.29 is 8.42 Å². The average Bonchev–Trinajstić information content (AvgIpc) is 2.97. The van der Waals surface area contributed by atoms with E-state index in [1.807, 2.05) is 30.5 Å². The summed E-state index contributed by atoms with van der Waals surface area (Å²) in [6, 6.07) is 14.1. The van der Waals surface area contributed by atoms with Gasteiger partial charge in [0.2, 0.25) is 0 Å². The molecule has 112 valence electrons. The highest BCUT2D eigenvalue weighted by molar-refractivity contribution is 7.90. The molecule has 0 radical (unpaired) electrons. The summed E-state index contributed by atoms with van der Waals surface area (Å²) in [5.74, 6) is 0. The van der Waals surface area contributed by atoms with E-state index in [9.17, 15) is 8.42 Å². The van der Waals surface area contributed by atoms with Gasteiger partial charge in [0.1, 0.15) is 0 Å². The van der Waals surface area contributed by atoms with Gasteiger partial charge >= 0.3 is 0 Å². The Morgan fingerprint density at radius 2 is 1.59 bits per heavy atom. The molecular formula is C16H13ClN2O2S. The Morgan fingerprint density at radius 1 is 0.955 bits per heavy atom. The van der Waals surface area contributed by atoms with Crippen LogP contribution in [0.5, 0.6) is 0 Å². The van der Waals surface area contributed by atoms with Gasteiger partial charge in [0, 0.05) is 23.0 Å². The Bertz CT molecular complexity index is 898. The van der Waals surface area contributed by atoms with E-state index in [1.54, 1.807) is 35.1 Å². The molecule has 22 heavy (non-hydrogen) atoms. The maximum Gasteiger partial charge on any atom is 0.175 e. The molecule has 0 unspecified atom stereocenters. The normalized spacial score (nSPS) is 11.5. The van der Waals surface area contributed by atoms with Crippen LogP contribution in [0.1, 0.15) is 0 Å². The second-order valence-corrected chi connectivity index (χ2v) is 7.40. The van der Waals surface area contributed by atoms with Gasteiger partial charge in [0.15, 0.2) is 9.84 Å². The lowest BCUT2D eigenvalue weighted by Gasteiger charge is -2.03. The molecule has 0 atom stereocenters. The molecule has 0 spiro atoms. The van der Waals surface area contributed by atoms with Crippen LogP contribution in [0.4, 0.5) is 0 Å². The molecule has 2 aromatic carbocycles. The molecule has 3 aromatic rings. The van der Waals surface area contributed by atoms with E-state index in [2.05, 4.69) is 5.10 Å². The second-order valence-electron chi connectivity index (χ2n) is 4.95. The van der Waals surface area contributed by atoms with E-state index in [-0.39, 0.29) is 0 Å². The number of sulfone groups is 1. The third kappa shape index (κ3) is 3.05. The minimum atomic E-state index is -3.19. The number of halogens is 1. The van der Waals surface area contributed by atoms with E-state index in [1.165, 1.54) is 6.26 Å². The molecule has 0 amide bonds. The molecule has 1 heterocycles. The summed E-state index contributed by atoms with van der Waals surface area (Å²) in [6.07, 6.45) is 4.83. The van der Waals surface area contributed by atoms with E-state index < -0.39 is 9.84 Å². The summed E-state index contributed by atoms with van der Waals surface area (Å²) in [5.41, 5.74) is 2.78. The average molecular weight is 333 g/mol. The Hall–Kier alpha value is -2.11. The Labute approximate surface area is 133 Å². The van der Waals surface area contributed by atoms with Gasteiger partial charge in [-0.05, 0) is 42.0 Å². The van der Waals surface area contributed by atoms with Crippen LogP contribution in [0.15, 0.2) is 65.8 Å². The molecule has 0 saturated heterocycles. The fraction of sp³-hybridized carbons (Fsp3) is 0.0625. The molecule has 3 rings (SSSR count). The molecule has 0 aliphatic carbocycles. The van der Waals surface area contributed by atoms with Gasteiger partial charge in [-0.1, -0.05) is 23.7 Å². The first kappa shape index (κ1) is 14.8. The molecular weight excluding hydrogens is 320 g/mol. The van der Waals surface area contributed by atoms with Crippen molar-refractivity contribution in [2.24, 2.45) is 0 Å². The maximum absolute atomic E-state index is 11.5. The summed E-state index contributed by atoms with van der Waals surface area (Å²) in [7, 11) is -3.19. The molecule has 1 aromatic heterocycles. The standard InChI is InChI=1S/C16H13ClN2O2S/c1-22(20,21)16-8-6-15(7-9-16)19-11-13(10-18-19)12-2-4-14(17)5-3-12/h2-11H,1H3. The summed E-state index contributed by atoms with van der Waals surface area (Å²) >= 11 is 5.88. The molecule has 0 bridgehead atoms. The van der Waals surface area contributed by atoms with Gasteiger partial charge in [-0.25, -0.2) is 13.1 Å². The van der Waals surface area contributed by atoms with Crippen molar-refractivity contribution in [3.63, 3.8) is 0 Å². The number of hydrogen-bond acceptors (Lipinski definition) is 3. The SMILES string of the molecule is CS(=O)(=O)c1ccc(-n2cc(-c3ccc(Cl)cc3)cn2)cc1. The Kier molecular flexibility index (Phi) is 3.76. The van der Waals surface area contributed by atoms with Crippen LogP contribution >= 0.6 is 11.6 Å². The summed E-state index contributed by atoms with van der Waals surface area (Å²) in [4.78, 5) is 0.293. The van der Waals surface area contributed by atoms with Crippen molar-refractivity contribution in [2.45, 2.75) is 4.90 Å². The number of rotatable bonds is 3. The largest absolute Gasteiger partial charge is 0.240 e. The van der Waals surface area contributed by atoms with E-state index in [0.29, 0.717) is 9.92 Å². The van der Waals surface area contributed by atoms with Crippen LogP contribution in [0.2, 0.25) is 5.02 Å². The first-order chi connectivity index (χ1) is 10.4. The highest BCUT2D eigenvalue weighted by Gasteiger charge is 2.08. The predicted molar refractivity (Wildman–Crippen MR) is 87.1 cm³/mol. The van der Waals surface area contributed by atoms with Gasteiger partial charge in [-0.3, -0.25) is 0 Å². The quantitative estimate of drug-likeness (QED) is 0.736. The highest BCUT2D eigenvalue weighted by atomic mass is 35.5. The van der Waals surface area contributed by atoms with Crippen LogP contribution in [0, 0.1) is 0 Å². The zero-order chi connectivity index (χ0) is 15.7. The zero-order valence-electron chi connectivity index (χ0n) is 11.8. The molecule has 6 heteroatoms. The summed E-state index contributed by atoms with van der Waals surface area (Å²) in [6.45, 7) is 0. The lowest BCUT2D eigenvalue weighted by Crippen LogP contribution is -1.98. The molecule has 0 aliphatic heterocycles. The number of benzene rings is 2. The molecule has 0 fully saturated rings. The van der Waals surface area contributed by atoms with Crippen LogP contribution in [-0.4, -0.2) is 24.5 Å². The van der Waals surface area contributed by atoms with E-state index >= 15 is 0 Å². The van der Waals surface area contributed by atoms with Crippen LogP contribution in [0.25, 0.3) is 16.8 Å². The van der Waals surface area contributed by atoms with Crippen molar-refractivity contribution in [3.8, 4) is 16.8 Å². The number of hydrogen-bond donors (Lipinski definition) is 0. The lowest BCUT2D eigenvalue weighted by atomic mass is 10.1. The van der Waals surface area contributed by atoms with Crippen LogP contribution in [0.3, 0.4) is 0 Å². The fourth-order valence-electron chi connectivity index (χ4n) is 2.10. The lowest BCUT2D eigenvalue weighted by molar-refractivity contribution is 0.602. The predicted octanol–water partition coefficient (Wildman–Crippen LogP) is 3.60. The van der Waals surface area contributed by atoms with Gasteiger partial charge in [-0.2, -0.15) is 5.10 Å². The van der Waals surface area contributed by atoms with Crippen molar-refractivity contribution in [3.05, 3.63) is 65.9 Å². The number of aromatic nitrogens is 2. The second kappa shape index (κ2) is 5.59. The minimum absolute atomic E-state index is 0.293. The van der Waals surface area contributed by atoms with E-state index in [0.717, 1.165) is 16.8 Å². The Morgan fingerprint density at radius 3 is 2.18 bits per heavy atom. The van der Waals surface area contributed by atoms with Gasteiger partial charge in [0.05, 0.1) is 16.8 Å². The van der Waals surface area contributed by atoms with Gasteiger partial charge in [0.25, 0.3) is 0 Å². The summed E-state index contributed by atoms with van der Waals surface area (Å²) in [5, 5.41) is 5.00. The van der Waals surface area contributed by atoms with Crippen molar-refractivity contribution >= 4 is 21.4 Å². The van der Waals surface area contributed by atoms with Crippen molar-refractivity contribution in [2.75, 3.05) is 6.26 Å². The molecule has 0 N–H and O–H groups in total. The topological polar surface area (TPSA) is 52.0 Å². The molecule has 0 aliphatic rings. The third-order valence-corrected chi connectivity index (χ3v) is 4.67. The van der Waals surface area contributed by atoms with Gasteiger partial charge < -0.3 is 0 Å². The monoisotopic (exact) mass is 332 g/mol. The maximum atomic E-state index is 11.5. The Balaban J connectivity index is 1.92. The van der Waals surface area contributed by atoms with Crippen LogP contribution < -0.4 is 0 Å². The zero-order valence-corrected chi connectivity index (χ0v) is 13.3. The van der Waals surface area contributed by atoms with E-state index in [4.69, 9.17) is 11.6 Å². The minimum Gasteiger partial charge on any atom is -0.240 e. The smallest absolute Gasteiger partial charge is 0.175 e.